The smallest absolute Gasteiger partial charge is 0.256 e. The summed E-state index contributed by atoms with van der Waals surface area (Å²) in [6.07, 6.45) is 0.0814. The number of benzene rings is 2. The maximum atomic E-state index is 12.4. The van der Waals surface area contributed by atoms with E-state index in [-0.39, 0.29) is 18.0 Å². The van der Waals surface area contributed by atoms with Crippen molar-refractivity contribution in [1.29, 1.82) is 5.26 Å². The van der Waals surface area contributed by atoms with E-state index in [9.17, 15) is 4.79 Å². The molecule has 1 N–H and O–H groups in total. The van der Waals surface area contributed by atoms with Gasteiger partial charge in [0, 0.05) is 26.2 Å². The average molecular weight is 399 g/mol. The van der Waals surface area contributed by atoms with Crippen molar-refractivity contribution >= 4 is 5.95 Å². The molecule has 0 amide bonds. The number of rotatable bonds is 5. The zero-order valence-electron chi connectivity index (χ0n) is 17.1. The van der Waals surface area contributed by atoms with Gasteiger partial charge in [-0.25, -0.2) is 4.98 Å². The molecule has 30 heavy (non-hydrogen) atoms. The molecule has 6 nitrogen and oxygen atoms in total. The van der Waals surface area contributed by atoms with Crippen LogP contribution in [0.4, 0.5) is 5.95 Å². The summed E-state index contributed by atoms with van der Waals surface area (Å²) in [4.78, 5) is 24.4. The maximum Gasteiger partial charge on any atom is 0.256 e. The minimum Gasteiger partial charge on any atom is -0.340 e. The Labute approximate surface area is 176 Å². The lowest BCUT2D eigenvalue weighted by Gasteiger charge is -2.40. The fraction of sp³-hybridized carbons (Fsp3) is 0.292. The fourth-order valence-corrected chi connectivity index (χ4v) is 4.11. The second kappa shape index (κ2) is 8.93. The van der Waals surface area contributed by atoms with E-state index in [4.69, 9.17) is 5.26 Å². The Morgan fingerprint density at radius 3 is 2.07 bits per heavy atom. The summed E-state index contributed by atoms with van der Waals surface area (Å²) < 4.78 is 0. The third kappa shape index (κ3) is 4.12. The van der Waals surface area contributed by atoms with Gasteiger partial charge >= 0.3 is 0 Å². The number of anilines is 1. The van der Waals surface area contributed by atoms with E-state index in [1.54, 1.807) is 6.92 Å². The topological polar surface area (TPSA) is 76.0 Å². The molecule has 0 aliphatic carbocycles. The van der Waals surface area contributed by atoms with Gasteiger partial charge in [0.05, 0.1) is 29.8 Å². The summed E-state index contributed by atoms with van der Waals surface area (Å²) in [5.41, 5.74) is 3.42. The summed E-state index contributed by atoms with van der Waals surface area (Å²) >= 11 is 0. The molecule has 6 heteroatoms. The van der Waals surface area contributed by atoms with Gasteiger partial charge in [0.1, 0.15) is 0 Å². The average Bonchev–Trinajstić information content (AvgIpc) is 2.78. The van der Waals surface area contributed by atoms with Crippen LogP contribution in [0.3, 0.4) is 0 Å². The van der Waals surface area contributed by atoms with Gasteiger partial charge in [0.15, 0.2) is 0 Å². The van der Waals surface area contributed by atoms with Crippen molar-refractivity contribution < 1.29 is 0 Å². The monoisotopic (exact) mass is 399 g/mol. The number of H-pyrrole nitrogens is 1. The lowest BCUT2D eigenvalue weighted by molar-refractivity contribution is 0.211. The van der Waals surface area contributed by atoms with Crippen molar-refractivity contribution in [1.82, 2.24) is 14.9 Å². The van der Waals surface area contributed by atoms with Crippen LogP contribution >= 0.6 is 0 Å². The minimum absolute atomic E-state index is 0.0814. The van der Waals surface area contributed by atoms with Crippen LogP contribution in [0.5, 0.6) is 0 Å². The van der Waals surface area contributed by atoms with Gasteiger partial charge < -0.3 is 4.90 Å². The molecule has 2 aromatic carbocycles. The van der Waals surface area contributed by atoms with Gasteiger partial charge in [-0.05, 0) is 18.1 Å². The Hall–Kier alpha value is -3.43. The predicted octanol–water partition coefficient (Wildman–Crippen LogP) is 3.06. The molecule has 0 bridgehead atoms. The number of nitrogens with one attached hydrogen (secondary N) is 1. The third-order valence-corrected chi connectivity index (χ3v) is 5.68. The highest BCUT2D eigenvalue weighted by molar-refractivity contribution is 5.36. The molecule has 1 aliphatic rings. The standard InChI is InChI=1S/C24H25N5O/c1-18-21(12-13-25)23(30)27-24(26-18)29-16-14-28(15-17-29)22(19-8-4-2-5-9-19)20-10-6-3-7-11-20/h2-11,22H,12,14-17H2,1H3,(H,26,27,30). The number of piperazine rings is 1. The van der Waals surface area contributed by atoms with Crippen LogP contribution in [0.2, 0.25) is 0 Å². The second-order valence-corrected chi connectivity index (χ2v) is 7.54. The fourth-order valence-electron chi connectivity index (χ4n) is 4.11. The largest absolute Gasteiger partial charge is 0.340 e. The molecular formula is C24H25N5O. The molecule has 1 fully saturated rings. The van der Waals surface area contributed by atoms with Crippen molar-refractivity contribution in [2.45, 2.75) is 19.4 Å². The third-order valence-electron chi connectivity index (χ3n) is 5.68. The van der Waals surface area contributed by atoms with Gasteiger partial charge in [-0.15, -0.1) is 0 Å². The predicted molar refractivity (Wildman–Crippen MR) is 117 cm³/mol. The zero-order chi connectivity index (χ0) is 20.9. The molecule has 1 aliphatic heterocycles. The molecule has 2 heterocycles. The molecule has 0 radical (unpaired) electrons. The molecule has 0 saturated carbocycles. The molecular weight excluding hydrogens is 374 g/mol. The molecule has 1 saturated heterocycles. The highest BCUT2D eigenvalue weighted by Gasteiger charge is 2.27. The molecule has 0 atom stereocenters. The number of hydrogen-bond donors (Lipinski definition) is 1. The molecule has 1 aromatic heterocycles. The van der Waals surface area contributed by atoms with Crippen molar-refractivity contribution in [3.05, 3.63) is 93.4 Å². The first kappa shape index (κ1) is 19.9. The first-order valence-electron chi connectivity index (χ1n) is 10.2. The first-order chi connectivity index (χ1) is 14.7. The minimum atomic E-state index is -0.215. The summed E-state index contributed by atoms with van der Waals surface area (Å²) in [7, 11) is 0. The van der Waals surface area contributed by atoms with Crippen molar-refractivity contribution in [2.24, 2.45) is 0 Å². The number of aromatic amines is 1. The van der Waals surface area contributed by atoms with Crippen LogP contribution in [0.15, 0.2) is 65.5 Å². The van der Waals surface area contributed by atoms with Gasteiger partial charge in [-0.2, -0.15) is 5.26 Å². The van der Waals surface area contributed by atoms with Crippen LogP contribution in [0.25, 0.3) is 0 Å². The van der Waals surface area contributed by atoms with E-state index in [1.807, 2.05) is 18.2 Å². The van der Waals surface area contributed by atoms with E-state index in [1.165, 1.54) is 11.1 Å². The van der Waals surface area contributed by atoms with E-state index < -0.39 is 0 Å². The summed E-state index contributed by atoms with van der Waals surface area (Å²) in [5, 5.41) is 8.91. The summed E-state index contributed by atoms with van der Waals surface area (Å²) in [5.74, 6) is 0.592. The van der Waals surface area contributed by atoms with Crippen LogP contribution < -0.4 is 10.5 Å². The lowest BCUT2D eigenvalue weighted by Crippen LogP contribution is -2.48. The van der Waals surface area contributed by atoms with Crippen LogP contribution in [0.1, 0.15) is 28.4 Å². The van der Waals surface area contributed by atoms with E-state index in [2.05, 4.69) is 68.3 Å². The van der Waals surface area contributed by atoms with Crippen molar-refractivity contribution in [3.63, 3.8) is 0 Å². The number of nitriles is 1. The maximum absolute atomic E-state index is 12.4. The quantitative estimate of drug-likeness (QED) is 0.714. The van der Waals surface area contributed by atoms with Crippen LogP contribution in [0, 0.1) is 18.3 Å². The van der Waals surface area contributed by atoms with Crippen molar-refractivity contribution in [2.75, 3.05) is 31.1 Å². The SMILES string of the molecule is Cc1nc(N2CCN(C(c3ccccc3)c3ccccc3)CC2)[nH]c(=O)c1CC#N. The van der Waals surface area contributed by atoms with Crippen LogP contribution in [-0.2, 0) is 6.42 Å². The second-order valence-electron chi connectivity index (χ2n) is 7.54. The molecule has 152 valence electrons. The highest BCUT2D eigenvalue weighted by atomic mass is 16.1. The molecule has 4 rings (SSSR count). The number of nitrogens with zero attached hydrogens (tertiary/aromatic N) is 4. The van der Waals surface area contributed by atoms with E-state index >= 15 is 0 Å². The zero-order valence-corrected chi connectivity index (χ0v) is 17.1. The van der Waals surface area contributed by atoms with Crippen LogP contribution in [-0.4, -0.2) is 41.0 Å². The number of aromatic nitrogens is 2. The Kier molecular flexibility index (Phi) is 5.92. The highest BCUT2D eigenvalue weighted by Crippen LogP contribution is 2.29. The molecule has 0 spiro atoms. The van der Waals surface area contributed by atoms with Crippen molar-refractivity contribution in [3.8, 4) is 6.07 Å². The Bertz CT molecular complexity index is 1040. The van der Waals surface area contributed by atoms with Gasteiger partial charge in [0.25, 0.3) is 5.56 Å². The molecule has 3 aromatic rings. The van der Waals surface area contributed by atoms with E-state index in [0.29, 0.717) is 17.2 Å². The first-order valence-corrected chi connectivity index (χ1v) is 10.2. The van der Waals surface area contributed by atoms with E-state index in [0.717, 1.165) is 26.2 Å². The summed E-state index contributed by atoms with van der Waals surface area (Å²) in [6.45, 7) is 5.06. The Morgan fingerprint density at radius 2 is 1.57 bits per heavy atom. The van der Waals surface area contributed by atoms with Gasteiger partial charge in [-0.1, -0.05) is 60.7 Å². The number of aryl methyl sites for hydroxylation is 1. The van der Waals surface area contributed by atoms with Gasteiger partial charge in [-0.3, -0.25) is 14.7 Å². The Balaban J connectivity index is 1.54. The number of hydrogen-bond acceptors (Lipinski definition) is 5. The molecule has 0 unspecified atom stereocenters. The lowest BCUT2D eigenvalue weighted by atomic mass is 9.96. The van der Waals surface area contributed by atoms with Gasteiger partial charge in [0.2, 0.25) is 5.95 Å². The summed E-state index contributed by atoms with van der Waals surface area (Å²) in [6, 6.07) is 23.4. The normalized spacial score (nSPS) is 14.6. The Morgan fingerprint density at radius 1 is 1.00 bits per heavy atom.